The Bertz CT molecular complexity index is 1190. The molecule has 2 aromatic carbocycles. The molecule has 3 N–H and O–H groups in total. The van der Waals surface area contributed by atoms with Crippen molar-refractivity contribution in [1.29, 1.82) is 0 Å². The lowest BCUT2D eigenvalue weighted by molar-refractivity contribution is -0.0621. The molecule has 1 amide bonds. The Labute approximate surface area is 202 Å². The van der Waals surface area contributed by atoms with Gasteiger partial charge in [0.15, 0.2) is 9.84 Å². The second-order valence-electron chi connectivity index (χ2n) is 8.43. The van der Waals surface area contributed by atoms with Crippen LogP contribution >= 0.6 is 0 Å². The van der Waals surface area contributed by atoms with E-state index >= 15 is 0 Å². The van der Waals surface area contributed by atoms with Crippen molar-refractivity contribution in [1.82, 2.24) is 5.32 Å². The molecule has 7 nitrogen and oxygen atoms in total. The van der Waals surface area contributed by atoms with Crippen molar-refractivity contribution >= 4 is 27.1 Å². The molecule has 35 heavy (non-hydrogen) atoms. The molecule has 192 valence electrons. The zero-order chi connectivity index (χ0) is 26.6. The van der Waals surface area contributed by atoms with E-state index < -0.39 is 52.3 Å². The number of hydrogen-bond donors (Lipinski definition) is 3. The van der Waals surface area contributed by atoms with Crippen LogP contribution in [0, 0.1) is 12.8 Å². The fourth-order valence-electron chi connectivity index (χ4n) is 3.34. The largest absolute Gasteiger partial charge is 0.429 e. The molecule has 0 bridgehead atoms. The van der Waals surface area contributed by atoms with E-state index in [9.17, 15) is 36.6 Å². The number of benzene rings is 2. The third-order valence-corrected chi connectivity index (χ3v) is 7.34. The SMILES string of the molecule is CCS(=O)(=O)c1ccc(C(CO)(CO)NC(=O)c2ccc(C)c(/N=C(\C(C)C)C(F)(F)F)c2)cc1. The van der Waals surface area contributed by atoms with E-state index in [1.807, 2.05) is 0 Å². The van der Waals surface area contributed by atoms with E-state index in [-0.39, 0.29) is 27.5 Å². The zero-order valence-corrected chi connectivity index (χ0v) is 20.7. The first-order chi connectivity index (χ1) is 16.2. The quantitative estimate of drug-likeness (QED) is 0.442. The van der Waals surface area contributed by atoms with E-state index in [1.165, 1.54) is 63.2 Å². The first kappa shape index (κ1) is 28.5. The van der Waals surface area contributed by atoms with Crippen molar-refractivity contribution < 1.29 is 36.6 Å². The van der Waals surface area contributed by atoms with Crippen molar-refractivity contribution in [3.63, 3.8) is 0 Å². The molecule has 0 saturated heterocycles. The number of aliphatic imine (C=N–C) groups is 1. The summed E-state index contributed by atoms with van der Waals surface area (Å²) in [5.74, 6) is -1.78. The van der Waals surface area contributed by atoms with Crippen molar-refractivity contribution in [3.8, 4) is 0 Å². The van der Waals surface area contributed by atoms with Gasteiger partial charge < -0.3 is 15.5 Å². The number of carbonyl (C=O) groups is 1. The second kappa shape index (κ2) is 10.9. The summed E-state index contributed by atoms with van der Waals surface area (Å²) >= 11 is 0. The topological polar surface area (TPSA) is 116 Å². The maximum absolute atomic E-state index is 13.4. The molecule has 0 aliphatic rings. The van der Waals surface area contributed by atoms with Crippen LogP contribution in [0.1, 0.15) is 42.3 Å². The third kappa shape index (κ3) is 6.47. The van der Waals surface area contributed by atoms with Crippen LogP contribution in [0.5, 0.6) is 0 Å². The number of nitrogens with one attached hydrogen (secondary N) is 1. The normalized spacial score (nSPS) is 13.3. The molecule has 0 unspecified atom stereocenters. The number of aliphatic hydroxyl groups is 2. The van der Waals surface area contributed by atoms with Crippen molar-refractivity contribution in [3.05, 3.63) is 59.2 Å². The van der Waals surface area contributed by atoms with Gasteiger partial charge in [-0.25, -0.2) is 13.4 Å². The van der Waals surface area contributed by atoms with Crippen LogP contribution in [0.15, 0.2) is 52.4 Å². The van der Waals surface area contributed by atoms with E-state index in [4.69, 9.17) is 0 Å². The average Bonchev–Trinajstić information content (AvgIpc) is 2.81. The highest BCUT2D eigenvalue weighted by Crippen LogP contribution is 2.29. The van der Waals surface area contributed by atoms with Gasteiger partial charge in [0.05, 0.1) is 29.5 Å². The standard InChI is InChI=1S/C24H29F3N2O5S/c1-5-35(33,34)19-10-8-18(9-11-19)23(13-30,14-31)29-22(32)17-7-6-16(4)20(12-17)28-21(15(2)3)24(25,26)27/h6-12,15,30-31H,5,13-14H2,1-4H3,(H,29,32)/b28-21+. The summed E-state index contributed by atoms with van der Waals surface area (Å²) in [5.41, 5.74) is -2.06. The summed E-state index contributed by atoms with van der Waals surface area (Å²) < 4.78 is 64.2. The van der Waals surface area contributed by atoms with Crippen LogP contribution in [0.25, 0.3) is 0 Å². The van der Waals surface area contributed by atoms with Crippen LogP contribution in [0.2, 0.25) is 0 Å². The number of halogens is 3. The Morgan fingerprint density at radius 3 is 2.09 bits per heavy atom. The van der Waals surface area contributed by atoms with Crippen molar-refractivity contribution in [2.24, 2.45) is 10.9 Å². The molecule has 0 fully saturated rings. The Kier molecular flexibility index (Phi) is 8.85. The summed E-state index contributed by atoms with van der Waals surface area (Å²) in [6, 6.07) is 9.41. The highest BCUT2D eigenvalue weighted by molar-refractivity contribution is 7.91. The molecule has 0 aliphatic carbocycles. The molecule has 0 radical (unpaired) electrons. The summed E-state index contributed by atoms with van der Waals surface area (Å²) in [4.78, 5) is 16.8. The first-order valence-electron chi connectivity index (χ1n) is 10.8. The molecule has 0 saturated carbocycles. The molecule has 0 atom stereocenters. The van der Waals surface area contributed by atoms with Gasteiger partial charge in [-0.1, -0.05) is 39.0 Å². The summed E-state index contributed by atoms with van der Waals surface area (Å²) in [6.07, 6.45) is -4.64. The van der Waals surface area contributed by atoms with Gasteiger partial charge in [0, 0.05) is 11.5 Å². The van der Waals surface area contributed by atoms with Crippen LogP contribution in [-0.2, 0) is 15.4 Å². The Morgan fingerprint density at radius 1 is 1.06 bits per heavy atom. The van der Waals surface area contributed by atoms with Gasteiger partial charge in [0.1, 0.15) is 11.3 Å². The van der Waals surface area contributed by atoms with Gasteiger partial charge in [0.25, 0.3) is 5.91 Å². The number of carbonyl (C=O) groups excluding carboxylic acids is 1. The fraction of sp³-hybridized carbons (Fsp3) is 0.417. The maximum Gasteiger partial charge on any atom is 0.429 e. The molecule has 0 aromatic heterocycles. The smallest absolute Gasteiger partial charge is 0.393 e. The fourth-order valence-corrected chi connectivity index (χ4v) is 4.23. The Balaban J connectivity index is 2.45. The van der Waals surface area contributed by atoms with Gasteiger partial charge >= 0.3 is 6.18 Å². The number of hydrogen-bond acceptors (Lipinski definition) is 6. The minimum absolute atomic E-state index is 0.0314. The number of rotatable bonds is 9. The Morgan fingerprint density at radius 2 is 1.63 bits per heavy atom. The predicted octanol–water partition coefficient (Wildman–Crippen LogP) is 3.69. The van der Waals surface area contributed by atoms with Gasteiger partial charge in [-0.05, 0) is 42.3 Å². The summed E-state index contributed by atoms with van der Waals surface area (Å²) in [6.45, 7) is 4.34. The highest BCUT2D eigenvalue weighted by Gasteiger charge is 2.38. The molecule has 2 rings (SSSR count). The number of nitrogens with zero attached hydrogens (tertiary/aromatic N) is 1. The molecular weight excluding hydrogens is 485 g/mol. The predicted molar refractivity (Wildman–Crippen MR) is 127 cm³/mol. The van der Waals surface area contributed by atoms with Gasteiger partial charge in [0.2, 0.25) is 0 Å². The van der Waals surface area contributed by atoms with Gasteiger partial charge in [-0.2, -0.15) is 13.2 Å². The molecule has 0 heterocycles. The van der Waals surface area contributed by atoms with E-state index in [2.05, 4.69) is 10.3 Å². The van der Waals surface area contributed by atoms with Gasteiger partial charge in [-0.15, -0.1) is 0 Å². The van der Waals surface area contributed by atoms with Gasteiger partial charge in [-0.3, -0.25) is 4.79 Å². The highest BCUT2D eigenvalue weighted by atomic mass is 32.2. The number of amides is 1. The number of aliphatic hydroxyl groups excluding tert-OH is 2. The molecule has 0 aliphatic heterocycles. The second-order valence-corrected chi connectivity index (χ2v) is 10.7. The third-order valence-electron chi connectivity index (χ3n) is 5.59. The van der Waals surface area contributed by atoms with Crippen LogP contribution < -0.4 is 5.32 Å². The van der Waals surface area contributed by atoms with E-state index in [0.29, 0.717) is 5.56 Å². The first-order valence-corrected chi connectivity index (χ1v) is 12.5. The maximum atomic E-state index is 13.4. The molecule has 11 heteroatoms. The molecule has 2 aromatic rings. The van der Waals surface area contributed by atoms with E-state index in [0.717, 1.165) is 0 Å². The van der Waals surface area contributed by atoms with Crippen molar-refractivity contribution in [2.75, 3.05) is 19.0 Å². The van der Waals surface area contributed by atoms with Crippen molar-refractivity contribution in [2.45, 2.75) is 44.3 Å². The summed E-state index contributed by atoms with van der Waals surface area (Å²) in [7, 11) is -3.48. The van der Waals surface area contributed by atoms with Crippen LogP contribution in [0.4, 0.5) is 18.9 Å². The zero-order valence-electron chi connectivity index (χ0n) is 19.8. The average molecular weight is 515 g/mol. The minimum atomic E-state index is -4.64. The molecular formula is C24H29F3N2O5S. The lowest BCUT2D eigenvalue weighted by Crippen LogP contribution is -2.51. The lowest BCUT2D eigenvalue weighted by Gasteiger charge is -2.32. The Hall–Kier alpha value is -2.76. The molecule has 0 spiro atoms. The van der Waals surface area contributed by atoms with E-state index in [1.54, 1.807) is 6.92 Å². The minimum Gasteiger partial charge on any atom is -0.393 e. The monoisotopic (exact) mass is 514 g/mol. The summed E-state index contributed by atoms with van der Waals surface area (Å²) in [5, 5.41) is 22.6. The number of sulfone groups is 1. The lowest BCUT2D eigenvalue weighted by atomic mass is 9.91. The van der Waals surface area contributed by atoms with Crippen LogP contribution in [0.3, 0.4) is 0 Å². The number of aryl methyl sites for hydroxylation is 1. The van der Waals surface area contributed by atoms with Crippen LogP contribution in [-0.4, -0.2) is 55.4 Å². The number of alkyl halides is 3.